The van der Waals surface area contributed by atoms with Gasteiger partial charge in [0.25, 0.3) is 5.91 Å². The Hall–Kier alpha value is -2.30. The van der Waals surface area contributed by atoms with Crippen LogP contribution in [0.4, 0.5) is 5.69 Å². The third-order valence-corrected chi connectivity index (χ3v) is 3.68. The number of imidazole rings is 1. The summed E-state index contributed by atoms with van der Waals surface area (Å²) in [5.74, 6) is -0.0440. The molecule has 3 rings (SSSR count). The summed E-state index contributed by atoms with van der Waals surface area (Å²) in [4.78, 5) is 18.4. The molecule has 0 radical (unpaired) electrons. The average Bonchev–Trinajstić information content (AvgIpc) is 3.05. The molecule has 5 heteroatoms. The van der Waals surface area contributed by atoms with E-state index in [0.717, 1.165) is 30.9 Å². The van der Waals surface area contributed by atoms with Gasteiger partial charge in [-0.3, -0.25) is 4.79 Å². The van der Waals surface area contributed by atoms with Gasteiger partial charge in [0, 0.05) is 38.1 Å². The normalized spacial score (nSPS) is 13.4. The molecule has 0 saturated heterocycles. The summed E-state index contributed by atoms with van der Waals surface area (Å²) in [6, 6.07) is 5.92. The van der Waals surface area contributed by atoms with Crippen molar-refractivity contribution in [3.63, 3.8) is 0 Å². The van der Waals surface area contributed by atoms with Gasteiger partial charge in [0.2, 0.25) is 0 Å². The molecule has 2 heterocycles. The fraction of sp³-hybridized carbons (Fsp3) is 0.333. The van der Waals surface area contributed by atoms with Gasteiger partial charge < -0.3 is 14.8 Å². The lowest BCUT2D eigenvalue weighted by Crippen LogP contribution is -2.21. The highest BCUT2D eigenvalue weighted by Crippen LogP contribution is 2.30. The number of nitrogens with zero attached hydrogens (tertiary/aromatic N) is 3. The minimum absolute atomic E-state index is 0.0440. The molecule has 2 aromatic rings. The van der Waals surface area contributed by atoms with Crippen molar-refractivity contribution in [2.24, 2.45) is 7.05 Å². The Morgan fingerprint density at radius 3 is 3.00 bits per heavy atom. The van der Waals surface area contributed by atoms with Gasteiger partial charge in [-0.15, -0.1) is 0 Å². The van der Waals surface area contributed by atoms with Crippen LogP contribution in [0.25, 0.3) is 0 Å². The van der Waals surface area contributed by atoms with Crippen LogP contribution in [0.15, 0.2) is 30.7 Å². The zero-order chi connectivity index (χ0) is 14.1. The van der Waals surface area contributed by atoms with Crippen LogP contribution in [0, 0.1) is 0 Å². The van der Waals surface area contributed by atoms with Crippen LogP contribution < -0.4 is 10.2 Å². The number of carbonyl (C=O) groups is 1. The summed E-state index contributed by atoms with van der Waals surface area (Å²) in [6.45, 7) is 1.76. The Morgan fingerprint density at radius 1 is 1.45 bits per heavy atom. The smallest absolute Gasteiger partial charge is 0.251 e. The lowest BCUT2D eigenvalue weighted by molar-refractivity contribution is 0.0963. The van der Waals surface area contributed by atoms with E-state index in [1.54, 1.807) is 7.05 Å². The van der Waals surface area contributed by atoms with Gasteiger partial charge in [-0.1, -0.05) is 6.07 Å². The maximum Gasteiger partial charge on any atom is 0.251 e. The highest BCUT2D eigenvalue weighted by Gasteiger charge is 2.21. The van der Waals surface area contributed by atoms with Crippen molar-refractivity contribution in [2.75, 3.05) is 18.5 Å². The monoisotopic (exact) mass is 270 g/mol. The van der Waals surface area contributed by atoms with Crippen LogP contribution in [0.1, 0.15) is 21.6 Å². The van der Waals surface area contributed by atoms with Crippen LogP contribution >= 0.6 is 0 Å². The number of carbonyl (C=O) groups excluding carboxylic acids is 1. The molecule has 0 saturated carbocycles. The number of fused-ring (bicyclic) bond motifs is 1. The number of amides is 1. The van der Waals surface area contributed by atoms with Gasteiger partial charge in [-0.25, -0.2) is 4.98 Å². The van der Waals surface area contributed by atoms with Crippen LogP contribution in [-0.4, -0.2) is 29.1 Å². The fourth-order valence-corrected chi connectivity index (χ4v) is 2.64. The summed E-state index contributed by atoms with van der Waals surface area (Å²) < 4.78 is 1.95. The molecule has 0 bridgehead atoms. The van der Waals surface area contributed by atoms with Crippen molar-refractivity contribution in [3.8, 4) is 0 Å². The lowest BCUT2D eigenvalue weighted by atomic mass is 10.1. The molecule has 1 aromatic carbocycles. The molecule has 1 aliphatic rings. The van der Waals surface area contributed by atoms with E-state index in [4.69, 9.17) is 0 Å². The van der Waals surface area contributed by atoms with Crippen LogP contribution in [0.3, 0.4) is 0 Å². The topological polar surface area (TPSA) is 50.2 Å². The summed E-state index contributed by atoms with van der Waals surface area (Å²) in [5, 5.41) is 2.67. The molecular formula is C15H18N4O. The number of nitrogens with one attached hydrogen (secondary N) is 1. The number of aromatic nitrogens is 2. The number of hydrogen-bond donors (Lipinski definition) is 1. The first-order valence-electron chi connectivity index (χ1n) is 6.74. The highest BCUT2D eigenvalue weighted by molar-refractivity contribution is 5.95. The van der Waals surface area contributed by atoms with Crippen LogP contribution in [0.5, 0.6) is 0 Å². The number of hydrogen-bond acceptors (Lipinski definition) is 3. The molecule has 1 aromatic heterocycles. The van der Waals surface area contributed by atoms with E-state index in [-0.39, 0.29) is 5.91 Å². The standard InChI is InChI=1S/C15H18N4O/c1-16-15(20)12-4-3-11-5-6-19(14(11)7-12)9-13-8-18(2)10-17-13/h3-4,7-8,10H,5-6,9H2,1-2H3,(H,16,20). The molecule has 0 spiro atoms. The van der Waals surface area contributed by atoms with E-state index < -0.39 is 0 Å². The molecular weight excluding hydrogens is 252 g/mol. The van der Waals surface area contributed by atoms with Crippen LogP contribution in [-0.2, 0) is 20.0 Å². The summed E-state index contributed by atoms with van der Waals surface area (Å²) in [7, 11) is 3.62. The Bertz CT molecular complexity index is 647. The van der Waals surface area contributed by atoms with E-state index in [2.05, 4.69) is 21.3 Å². The molecule has 0 fully saturated rings. The van der Waals surface area contributed by atoms with Crippen molar-refractivity contribution >= 4 is 11.6 Å². The predicted molar refractivity (Wildman–Crippen MR) is 77.8 cm³/mol. The summed E-state index contributed by atoms with van der Waals surface area (Å²) in [5.41, 5.74) is 4.20. The van der Waals surface area contributed by atoms with E-state index in [9.17, 15) is 4.79 Å². The average molecular weight is 270 g/mol. The highest BCUT2D eigenvalue weighted by atomic mass is 16.1. The van der Waals surface area contributed by atoms with Crippen molar-refractivity contribution in [1.29, 1.82) is 0 Å². The predicted octanol–water partition coefficient (Wildman–Crippen LogP) is 1.34. The summed E-state index contributed by atoms with van der Waals surface area (Å²) >= 11 is 0. The van der Waals surface area contributed by atoms with E-state index in [1.807, 2.05) is 36.3 Å². The maximum absolute atomic E-state index is 11.7. The van der Waals surface area contributed by atoms with Crippen LogP contribution in [0.2, 0.25) is 0 Å². The quantitative estimate of drug-likeness (QED) is 0.915. The van der Waals surface area contributed by atoms with Gasteiger partial charge >= 0.3 is 0 Å². The first kappa shape index (κ1) is 12.7. The maximum atomic E-state index is 11.7. The van der Waals surface area contributed by atoms with Gasteiger partial charge in [-0.05, 0) is 24.1 Å². The van der Waals surface area contributed by atoms with Gasteiger partial charge in [-0.2, -0.15) is 0 Å². The fourth-order valence-electron chi connectivity index (χ4n) is 2.64. The number of benzene rings is 1. The van der Waals surface area contributed by atoms with E-state index in [0.29, 0.717) is 5.56 Å². The Balaban J connectivity index is 1.86. The van der Waals surface area contributed by atoms with Gasteiger partial charge in [0.1, 0.15) is 0 Å². The van der Waals surface area contributed by atoms with Crippen molar-refractivity contribution < 1.29 is 4.79 Å². The third-order valence-electron chi connectivity index (χ3n) is 3.68. The Morgan fingerprint density at radius 2 is 2.30 bits per heavy atom. The Kier molecular flexibility index (Phi) is 3.18. The molecule has 5 nitrogen and oxygen atoms in total. The zero-order valence-corrected chi connectivity index (χ0v) is 11.8. The molecule has 0 unspecified atom stereocenters. The van der Waals surface area contributed by atoms with E-state index in [1.165, 1.54) is 5.56 Å². The third kappa shape index (κ3) is 2.27. The van der Waals surface area contributed by atoms with E-state index >= 15 is 0 Å². The second kappa shape index (κ2) is 5.00. The van der Waals surface area contributed by atoms with Crippen molar-refractivity contribution in [1.82, 2.24) is 14.9 Å². The van der Waals surface area contributed by atoms with Crippen molar-refractivity contribution in [2.45, 2.75) is 13.0 Å². The molecule has 1 amide bonds. The number of rotatable bonds is 3. The molecule has 20 heavy (non-hydrogen) atoms. The zero-order valence-electron chi connectivity index (χ0n) is 11.8. The second-order valence-corrected chi connectivity index (χ2v) is 5.12. The molecule has 0 aliphatic carbocycles. The Labute approximate surface area is 118 Å². The van der Waals surface area contributed by atoms with Crippen molar-refractivity contribution in [3.05, 3.63) is 47.5 Å². The van der Waals surface area contributed by atoms with Gasteiger partial charge in [0.05, 0.1) is 18.6 Å². The largest absolute Gasteiger partial charge is 0.365 e. The SMILES string of the molecule is CNC(=O)c1ccc2c(c1)N(Cc1cn(C)cn1)CC2. The molecule has 1 N–H and O–H groups in total. The minimum Gasteiger partial charge on any atom is -0.365 e. The first-order chi connectivity index (χ1) is 9.67. The summed E-state index contributed by atoms with van der Waals surface area (Å²) in [6.07, 6.45) is 4.87. The first-order valence-corrected chi connectivity index (χ1v) is 6.74. The lowest BCUT2D eigenvalue weighted by Gasteiger charge is -2.18. The minimum atomic E-state index is -0.0440. The van der Waals surface area contributed by atoms with Gasteiger partial charge in [0.15, 0.2) is 0 Å². The molecule has 1 aliphatic heterocycles. The number of anilines is 1. The second-order valence-electron chi connectivity index (χ2n) is 5.12. The molecule has 0 atom stereocenters. The number of aryl methyl sites for hydroxylation is 1. The molecule has 104 valence electrons.